The standard InChI is InChI=1S/Bi.Cu.Fe.In.Sb.Sn.11H. The van der Waals surface area contributed by atoms with Crippen molar-refractivity contribution in [3.05, 3.63) is 0 Å². The summed E-state index contributed by atoms with van der Waals surface area (Å²) in [5, 5.41) is 0. The van der Waals surface area contributed by atoms with Crippen molar-refractivity contribution in [1.82, 2.24) is 0 Å². The van der Waals surface area contributed by atoms with Crippen LogP contribution in [0.3, 0.4) is 0 Å². The molecule has 6 heavy (non-hydrogen) atoms. The van der Waals surface area contributed by atoms with Crippen LogP contribution in [0.1, 0.15) is 0 Å². The van der Waals surface area contributed by atoms with Gasteiger partial charge in [-0.3, -0.25) is 0 Å². The van der Waals surface area contributed by atoms with Crippen LogP contribution in [0, 0.1) is 0 Å². The van der Waals surface area contributed by atoms with Crippen LogP contribution in [-0.4, -0.2) is 100 Å². The molecule has 47 valence electrons. The van der Waals surface area contributed by atoms with Crippen LogP contribution in [0.4, 0.5) is 0 Å². The number of hydrogen-bond donors (Lipinski definition) is 0. The first-order chi connectivity index (χ1) is 0. The number of rotatable bonds is 0. The predicted octanol–water partition coefficient (Wildman–Crippen LogP) is -4.47. The van der Waals surface area contributed by atoms with Gasteiger partial charge in [0.1, 0.15) is 0 Å². The van der Waals surface area contributed by atoms with E-state index in [1.54, 1.807) is 0 Å². The predicted molar refractivity (Wildman–Crippen MR) is 38.4 cm³/mol. The Morgan fingerprint density at radius 1 is 1.00 bits per heavy atom. The third kappa shape index (κ3) is 23.7. The van der Waals surface area contributed by atoms with E-state index in [2.05, 4.69) is 0 Å². The molecule has 3 radical (unpaired) electrons. The minimum absolute atomic E-state index is 0. The molecule has 0 rings (SSSR count). The molecule has 0 spiro atoms. The van der Waals surface area contributed by atoms with Gasteiger partial charge in [0.25, 0.3) is 0 Å². The Balaban J connectivity index is 0. The summed E-state index contributed by atoms with van der Waals surface area (Å²) in [5.41, 5.74) is 0. The quantitative estimate of drug-likeness (QED) is 0.225. The van der Waals surface area contributed by atoms with Gasteiger partial charge in [0, 0.05) is 34.1 Å². The van der Waals surface area contributed by atoms with Gasteiger partial charge in [0.05, 0.1) is 0 Å². The molecule has 0 unspecified atom stereocenters. The van der Waals surface area contributed by atoms with Crippen LogP contribution in [0.25, 0.3) is 0 Å². The SMILES string of the molecule is [BiH3].[Cu].[Fe].[InH3].[SbH3].[SnH2]. The Hall–Kier alpha value is 4.41. The Kier molecular flexibility index (Phi) is 270. The summed E-state index contributed by atoms with van der Waals surface area (Å²) in [6.45, 7) is 0. The summed E-state index contributed by atoms with van der Waals surface area (Å²) >= 11 is 0. The molecule has 0 saturated carbocycles. The zero-order valence-electron chi connectivity index (χ0n) is 2.78. The van der Waals surface area contributed by atoms with Gasteiger partial charge in [0.15, 0.2) is 0 Å². The first kappa shape index (κ1) is 47.4. The zero-order valence-corrected chi connectivity index (χ0v) is 18.4. The van der Waals surface area contributed by atoms with Crippen molar-refractivity contribution in [1.29, 1.82) is 0 Å². The summed E-state index contributed by atoms with van der Waals surface area (Å²) in [5.74, 6) is 0. The van der Waals surface area contributed by atoms with E-state index in [-0.39, 0.29) is 135 Å². The molecule has 0 saturated heterocycles. The van der Waals surface area contributed by atoms with E-state index in [1.807, 2.05) is 0 Å². The molecule has 0 nitrogen and oxygen atoms in total. The Morgan fingerprint density at radius 2 is 1.00 bits per heavy atom. The second-order valence-corrected chi connectivity index (χ2v) is 0. The summed E-state index contributed by atoms with van der Waals surface area (Å²) in [4.78, 5) is 0. The molecule has 6 heteroatoms. The Morgan fingerprint density at radius 3 is 1.00 bits per heavy atom. The average Bonchev–Trinajstić information content (AvgIpc) is 0. The molecule has 0 atom stereocenters. The molecule has 0 amide bonds. The van der Waals surface area contributed by atoms with Gasteiger partial charge in [-0.15, -0.1) is 0 Å². The van der Waals surface area contributed by atoms with E-state index in [0.29, 0.717) is 0 Å². The van der Waals surface area contributed by atoms with Crippen LogP contribution in [0.5, 0.6) is 0 Å². The molecule has 0 N–H and O–H groups in total. The van der Waals surface area contributed by atoms with Crippen molar-refractivity contribution >= 4 is 100 Å². The van der Waals surface area contributed by atoms with Crippen LogP contribution in [0.2, 0.25) is 0 Å². The van der Waals surface area contributed by atoms with Gasteiger partial charge in [-0.25, -0.2) is 0 Å². The molecule has 0 aromatic carbocycles. The van der Waals surface area contributed by atoms with Gasteiger partial charge in [0.2, 0.25) is 0 Å². The van der Waals surface area contributed by atoms with Crippen LogP contribution < -0.4 is 0 Å². The van der Waals surface area contributed by atoms with Gasteiger partial charge in [-0.1, -0.05) is 0 Å². The van der Waals surface area contributed by atoms with E-state index < -0.39 is 0 Å². The second-order valence-electron chi connectivity index (χ2n) is 0. The van der Waals surface area contributed by atoms with Gasteiger partial charge >= 0.3 is 100 Å². The fourth-order valence-corrected chi connectivity index (χ4v) is 0. The van der Waals surface area contributed by atoms with Gasteiger partial charge in [-0.05, 0) is 0 Å². The van der Waals surface area contributed by atoms with Crippen molar-refractivity contribution in [2.24, 2.45) is 0 Å². The molecule has 0 aromatic rings. The third-order valence-electron chi connectivity index (χ3n) is 0. The third-order valence-corrected chi connectivity index (χ3v) is 0. The molecule has 0 aliphatic heterocycles. The van der Waals surface area contributed by atoms with Crippen molar-refractivity contribution in [2.75, 3.05) is 0 Å². The summed E-state index contributed by atoms with van der Waals surface area (Å²) in [6, 6.07) is 0. The first-order valence-corrected chi connectivity index (χ1v) is 0. The fraction of sp³-hybridized carbons (Fsp3) is 0. The normalized spacial score (nSPS) is 0. The van der Waals surface area contributed by atoms with Crippen LogP contribution >= 0.6 is 0 Å². The molecule has 0 heterocycles. The van der Waals surface area contributed by atoms with Crippen LogP contribution in [-0.2, 0) is 34.1 Å². The summed E-state index contributed by atoms with van der Waals surface area (Å²) in [7, 11) is 0. The Labute approximate surface area is 131 Å². The monoisotopic (exact) mass is 695 g/mol. The Bertz CT molecular complexity index is 15.5. The van der Waals surface area contributed by atoms with Gasteiger partial charge in [-0.2, -0.15) is 0 Å². The van der Waals surface area contributed by atoms with Crippen LogP contribution in [0.15, 0.2) is 0 Å². The number of hydrogen-bond acceptors (Lipinski definition) is 0. The maximum atomic E-state index is 0. The minimum atomic E-state index is 0. The van der Waals surface area contributed by atoms with E-state index in [9.17, 15) is 0 Å². The second kappa shape index (κ2) is 34.2. The molecule has 0 aliphatic rings. The fourth-order valence-electron chi connectivity index (χ4n) is 0. The summed E-state index contributed by atoms with van der Waals surface area (Å²) < 4.78 is 0. The molecule has 0 bridgehead atoms. The average molecular weight is 695 g/mol. The molecular weight excluding hydrogens is 684 g/mol. The van der Waals surface area contributed by atoms with Crippen molar-refractivity contribution in [3.63, 3.8) is 0 Å². The zero-order chi connectivity index (χ0) is 0. The molecular formula is H11BiCuFeInSbSn. The molecule has 0 aromatic heterocycles. The topological polar surface area (TPSA) is 0 Å². The van der Waals surface area contributed by atoms with Crippen molar-refractivity contribution in [3.8, 4) is 0 Å². The van der Waals surface area contributed by atoms with Crippen molar-refractivity contribution < 1.29 is 34.1 Å². The molecule has 0 aliphatic carbocycles. The van der Waals surface area contributed by atoms with E-state index in [4.69, 9.17) is 0 Å². The first-order valence-electron chi connectivity index (χ1n) is 0. The summed E-state index contributed by atoms with van der Waals surface area (Å²) in [6.07, 6.45) is 0. The van der Waals surface area contributed by atoms with Crippen molar-refractivity contribution in [2.45, 2.75) is 0 Å². The maximum absolute atomic E-state index is 0. The van der Waals surface area contributed by atoms with E-state index in [1.165, 1.54) is 0 Å². The van der Waals surface area contributed by atoms with E-state index >= 15 is 0 Å². The van der Waals surface area contributed by atoms with E-state index in [0.717, 1.165) is 0 Å². The molecule has 0 fully saturated rings. The van der Waals surface area contributed by atoms with Gasteiger partial charge < -0.3 is 0 Å².